The van der Waals surface area contributed by atoms with Gasteiger partial charge in [0.2, 0.25) is 11.8 Å². The molecule has 0 saturated carbocycles. The average molecular weight is 344 g/mol. The van der Waals surface area contributed by atoms with E-state index in [1.807, 2.05) is 25.1 Å². The first kappa shape index (κ1) is 17.5. The van der Waals surface area contributed by atoms with Crippen molar-refractivity contribution in [2.45, 2.75) is 51.5 Å². The van der Waals surface area contributed by atoms with E-state index in [1.165, 1.54) is 0 Å². The molecule has 1 aromatic rings. The lowest BCUT2D eigenvalue weighted by molar-refractivity contribution is -0.149. The minimum Gasteiger partial charge on any atom is -0.481 e. The smallest absolute Gasteiger partial charge is 0.308 e. The molecule has 2 aliphatic heterocycles. The largest absolute Gasteiger partial charge is 0.481 e. The zero-order valence-electron chi connectivity index (χ0n) is 14.5. The van der Waals surface area contributed by atoms with E-state index in [-0.39, 0.29) is 17.9 Å². The number of carbonyl (C=O) groups is 3. The van der Waals surface area contributed by atoms with Crippen LogP contribution in [0.5, 0.6) is 0 Å². The van der Waals surface area contributed by atoms with Gasteiger partial charge in [-0.2, -0.15) is 0 Å². The maximum absolute atomic E-state index is 12.5. The van der Waals surface area contributed by atoms with Crippen molar-refractivity contribution >= 4 is 23.5 Å². The van der Waals surface area contributed by atoms with Gasteiger partial charge in [0.05, 0.1) is 12.3 Å². The van der Waals surface area contributed by atoms with Crippen LogP contribution >= 0.6 is 0 Å². The summed E-state index contributed by atoms with van der Waals surface area (Å²) in [6, 6.07) is 5.69. The van der Waals surface area contributed by atoms with Crippen molar-refractivity contribution in [3.05, 3.63) is 29.3 Å². The SMILES string of the molecule is C[C@@H]1[C@H](C(=O)O)CCCN1C(=O)CCCc1ccc2c(c1)CC(=O)N2. The van der Waals surface area contributed by atoms with Gasteiger partial charge >= 0.3 is 5.97 Å². The Hall–Kier alpha value is -2.37. The van der Waals surface area contributed by atoms with Crippen LogP contribution in [0.15, 0.2) is 18.2 Å². The number of nitrogens with zero attached hydrogens (tertiary/aromatic N) is 1. The highest BCUT2D eigenvalue weighted by Gasteiger charge is 2.34. The van der Waals surface area contributed by atoms with Crippen molar-refractivity contribution in [3.8, 4) is 0 Å². The lowest BCUT2D eigenvalue weighted by Gasteiger charge is -2.37. The summed E-state index contributed by atoms with van der Waals surface area (Å²) in [5, 5.41) is 12.1. The van der Waals surface area contributed by atoms with Crippen molar-refractivity contribution in [1.29, 1.82) is 0 Å². The van der Waals surface area contributed by atoms with Crippen LogP contribution in [0, 0.1) is 5.92 Å². The summed E-state index contributed by atoms with van der Waals surface area (Å²) in [5.74, 6) is -1.21. The normalized spacial score (nSPS) is 22.4. The van der Waals surface area contributed by atoms with Crippen LogP contribution in [0.25, 0.3) is 0 Å². The van der Waals surface area contributed by atoms with Gasteiger partial charge in [-0.1, -0.05) is 12.1 Å². The Morgan fingerprint density at radius 1 is 1.36 bits per heavy atom. The third-order valence-electron chi connectivity index (χ3n) is 5.28. The van der Waals surface area contributed by atoms with Crippen molar-refractivity contribution in [2.24, 2.45) is 5.92 Å². The first-order chi connectivity index (χ1) is 12.0. The molecule has 1 aromatic carbocycles. The second-order valence-corrected chi connectivity index (χ2v) is 6.98. The maximum Gasteiger partial charge on any atom is 0.308 e. The molecule has 0 spiro atoms. The second-order valence-electron chi connectivity index (χ2n) is 6.98. The van der Waals surface area contributed by atoms with Crippen molar-refractivity contribution < 1.29 is 19.5 Å². The predicted octanol–water partition coefficient (Wildman–Crippen LogP) is 2.22. The molecule has 2 atom stereocenters. The fourth-order valence-electron chi connectivity index (χ4n) is 3.85. The summed E-state index contributed by atoms with van der Waals surface area (Å²) in [7, 11) is 0. The molecule has 0 unspecified atom stereocenters. The summed E-state index contributed by atoms with van der Waals surface area (Å²) in [6.45, 7) is 2.48. The van der Waals surface area contributed by atoms with Gasteiger partial charge < -0.3 is 15.3 Å². The van der Waals surface area contributed by atoms with E-state index in [0.717, 1.165) is 36.1 Å². The van der Waals surface area contributed by atoms with Gasteiger partial charge in [-0.15, -0.1) is 0 Å². The third-order valence-corrected chi connectivity index (χ3v) is 5.28. The van der Waals surface area contributed by atoms with Crippen LogP contribution in [0.3, 0.4) is 0 Å². The average Bonchev–Trinajstić information content (AvgIpc) is 2.94. The van der Waals surface area contributed by atoms with E-state index in [4.69, 9.17) is 0 Å². The number of benzene rings is 1. The van der Waals surface area contributed by atoms with Crippen LogP contribution in [-0.4, -0.2) is 40.4 Å². The van der Waals surface area contributed by atoms with Gasteiger partial charge in [0.1, 0.15) is 0 Å². The fourth-order valence-corrected chi connectivity index (χ4v) is 3.85. The van der Waals surface area contributed by atoms with Crippen LogP contribution in [0.1, 0.15) is 43.7 Å². The molecule has 0 aliphatic carbocycles. The molecule has 1 fully saturated rings. The minimum absolute atomic E-state index is 0.0226. The van der Waals surface area contributed by atoms with E-state index in [9.17, 15) is 19.5 Å². The van der Waals surface area contributed by atoms with E-state index < -0.39 is 11.9 Å². The number of piperidine rings is 1. The topological polar surface area (TPSA) is 86.7 Å². The molecule has 0 bridgehead atoms. The third kappa shape index (κ3) is 3.83. The van der Waals surface area contributed by atoms with Gasteiger partial charge in [-0.3, -0.25) is 14.4 Å². The van der Waals surface area contributed by atoms with Crippen LogP contribution in [0.2, 0.25) is 0 Å². The molecule has 2 heterocycles. The molecule has 2 N–H and O–H groups in total. The molecule has 6 heteroatoms. The van der Waals surface area contributed by atoms with E-state index in [1.54, 1.807) is 4.90 Å². The van der Waals surface area contributed by atoms with Crippen molar-refractivity contribution in [3.63, 3.8) is 0 Å². The summed E-state index contributed by atoms with van der Waals surface area (Å²) >= 11 is 0. The summed E-state index contributed by atoms with van der Waals surface area (Å²) in [4.78, 5) is 36.9. The molecule has 0 radical (unpaired) electrons. The Morgan fingerprint density at radius 2 is 2.16 bits per heavy atom. The van der Waals surface area contributed by atoms with E-state index in [0.29, 0.717) is 25.8 Å². The Balaban J connectivity index is 1.52. The number of anilines is 1. The number of likely N-dealkylation sites (tertiary alicyclic amines) is 1. The lowest BCUT2D eigenvalue weighted by Crippen LogP contribution is -2.49. The number of carboxylic acid groups (broad SMARTS) is 1. The zero-order valence-corrected chi connectivity index (χ0v) is 14.5. The molecule has 0 aromatic heterocycles. The Kier molecular flexibility index (Phi) is 5.06. The number of amides is 2. The number of carboxylic acids is 1. The molecule has 2 aliphatic rings. The standard InChI is InChI=1S/C19H24N2O4/c1-12-15(19(24)25)5-3-9-21(12)18(23)6-2-4-13-7-8-16-14(10-13)11-17(22)20-16/h7-8,10,12,15H,2-6,9,11H2,1H3,(H,20,22)(H,24,25)/t12-,15-/m1/s1. The highest BCUT2D eigenvalue weighted by molar-refractivity contribution is 5.99. The van der Waals surface area contributed by atoms with Crippen molar-refractivity contribution in [2.75, 3.05) is 11.9 Å². The maximum atomic E-state index is 12.5. The lowest BCUT2D eigenvalue weighted by atomic mass is 9.90. The van der Waals surface area contributed by atoms with Gasteiger partial charge in [0.15, 0.2) is 0 Å². The van der Waals surface area contributed by atoms with Gasteiger partial charge in [0.25, 0.3) is 0 Å². The number of hydrogen-bond acceptors (Lipinski definition) is 3. The number of aryl methyl sites for hydroxylation is 1. The Labute approximate surface area is 147 Å². The summed E-state index contributed by atoms with van der Waals surface area (Å²) in [6.07, 6.45) is 3.73. The first-order valence-corrected chi connectivity index (χ1v) is 8.89. The molecule has 25 heavy (non-hydrogen) atoms. The van der Waals surface area contributed by atoms with E-state index in [2.05, 4.69) is 5.32 Å². The zero-order chi connectivity index (χ0) is 18.0. The van der Waals surface area contributed by atoms with Crippen molar-refractivity contribution in [1.82, 2.24) is 4.90 Å². The fraction of sp³-hybridized carbons (Fsp3) is 0.526. The molecular weight excluding hydrogens is 320 g/mol. The van der Waals surface area contributed by atoms with Crippen LogP contribution < -0.4 is 5.32 Å². The van der Waals surface area contributed by atoms with Crippen LogP contribution in [0.4, 0.5) is 5.69 Å². The number of hydrogen-bond donors (Lipinski definition) is 2. The molecule has 6 nitrogen and oxygen atoms in total. The van der Waals surface area contributed by atoms with Gasteiger partial charge in [-0.05, 0) is 49.8 Å². The molecule has 1 saturated heterocycles. The number of rotatable bonds is 5. The highest BCUT2D eigenvalue weighted by atomic mass is 16.4. The first-order valence-electron chi connectivity index (χ1n) is 8.89. The van der Waals surface area contributed by atoms with Crippen LogP contribution in [-0.2, 0) is 27.2 Å². The van der Waals surface area contributed by atoms with E-state index >= 15 is 0 Å². The number of carbonyl (C=O) groups excluding carboxylic acids is 2. The minimum atomic E-state index is -0.814. The Morgan fingerprint density at radius 3 is 2.92 bits per heavy atom. The number of fused-ring (bicyclic) bond motifs is 1. The summed E-state index contributed by atoms with van der Waals surface area (Å²) < 4.78 is 0. The van der Waals surface area contributed by atoms with Gasteiger partial charge in [0, 0.05) is 24.7 Å². The Bertz CT molecular complexity index is 701. The number of aliphatic carboxylic acids is 1. The predicted molar refractivity (Wildman–Crippen MR) is 93.2 cm³/mol. The molecular formula is C19H24N2O4. The monoisotopic (exact) mass is 344 g/mol. The quantitative estimate of drug-likeness (QED) is 0.857. The molecule has 134 valence electrons. The van der Waals surface area contributed by atoms with Gasteiger partial charge in [-0.25, -0.2) is 0 Å². The molecule has 3 rings (SSSR count). The number of nitrogens with one attached hydrogen (secondary N) is 1. The second kappa shape index (κ2) is 7.25. The summed E-state index contributed by atoms with van der Waals surface area (Å²) in [5.41, 5.74) is 3.02. The highest BCUT2D eigenvalue weighted by Crippen LogP contribution is 2.26. The molecule has 2 amide bonds.